The number of benzene rings is 9. The normalized spacial score (nSPS) is 14.9. The van der Waals surface area contributed by atoms with Crippen LogP contribution in [0.2, 0.25) is 0 Å². The Balaban J connectivity index is 1.10. The molecule has 0 bridgehead atoms. The lowest BCUT2D eigenvalue weighted by atomic mass is 9.75. The van der Waals surface area contributed by atoms with Gasteiger partial charge in [0, 0.05) is 44.1 Å². The van der Waals surface area contributed by atoms with Gasteiger partial charge in [-0.1, -0.05) is 167 Å². The molecule has 0 saturated carbocycles. The van der Waals surface area contributed by atoms with Crippen molar-refractivity contribution in [2.24, 2.45) is 0 Å². The fourth-order valence-electron chi connectivity index (χ4n) is 11.0. The van der Waals surface area contributed by atoms with E-state index in [1.807, 2.05) is 0 Å². The zero-order valence-electron chi connectivity index (χ0n) is 34.4. The Hall–Kier alpha value is -7.16. The third-order valence-corrected chi connectivity index (χ3v) is 13.7. The fourth-order valence-corrected chi connectivity index (χ4v) is 11.0. The number of aromatic nitrogens is 1. The van der Waals surface area contributed by atoms with Crippen LogP contribution >= 0.6 is 0 Å². The van der Waals surface area contributed by atoms with E-state index in [9.17, 15) is 0 Å². The van der Waals surface area contributed by atoms with Gasteiger partial charge in [-0.15, -0.1) is 0 Å². The highest BCUT2D eigenvalue weighted by atomic mass is 15.1. The topological polar surface area (TPSA) is 8.17 Å². The molecule has 60 heavy (non-hydrogen) atoms. The monoisotopic (exact) mass is 768 g/mol. The largest absolute Gasteiger partial charge is 0.310 e. The standard InChI is InChI=1S/C58H44N2/c1-57(2)50-24-14-12-23-47(50)55-56(57)48-30-28-42(36-51(48)58(55,3)4)59(53-33-31-43(38-17-6-5-7-18-38)44-20-10-11-21-45(44)53)41-29-32-54-49(35-41)46-22-13-15-25-52(46)60(54)40-27-26-37-16-8-9-19-39(37)34-40/h5-36H,1-4H3. The molecular weight excluding hydrogens is 725 g/mol. The Labute approximate surface area is 351 Å². The van der Waals surface area contributed by atoms with E-state index >= 15 is 0 Å². The Kier molecular flexibility index (Phi) is 7.36. The van der Waals surface area contributed by atoms with Crippen molar-refractivity contribution in [2.75, 3.05) is 4.90 Å². The third-order valence-electron chi connectivity index (χ3n) is 13.7. The molecule has 2 aliphatic rings. The summed E-state index contributed by atoms with van der Waals surface area (Å²) in [6.07, 6.45) is 0. The lowest BCUT2D eigenvalue weighted by Crippen LogP contribution is -2.20. The van der Waals surface area contributed by atoms with Crippen LogP contribution in [0.5, 0.6) is 0 Å². The first-order valence-corrected chi connectivity index (χ1v) is 21.2. The lowest BCUT2D eigenvalue weighted by molar-refractivity contribution is 0.694. The van der Waals surface area contributed by atoms with Gasteiger partial charge < -0.3 is 9.47 Å². The van der Waals surface area contributed by atoms with Crippen LogP contribution in [0.3, 0.4) is 0 Å². The minimum Gasteiger partial charge on any atom is -0.310 e. The Bertz CT molecular complexity index is 3430. The zero-order valence-corrected chi connectivity index (χ0v) is 34.4. The van der Waals surface area contributed by atoms with Crippen LogP contribution in [0.1, 0.15) is 49.9 Å². The Morgan fingerprint density at radius 2 is 0.983 bits per heavy atom. The van der Waals surface area contributed by atoms with E-state index < -0.39 is 0 Å². The highest BCUT2D eigenvalue weighted by molar-refractivity contribution is 6.13. The first kappa shape index (κ1) is 34.8. The Morgan fingerprint density at radius 1 is 0.383 bits per heavy atom. The first-order chi connectivity index (χ1) is 29.3. The molecule has 1 aromatic heterocycles. The lowest BCUT2D eigenvalue weighted by Gasteiger charge is -2.31. The number of hydrogen-bond acceptors (Lipinski definition) is 1. The molecule has 0 radical (unpaired) electrons. The predicted octanol–water partition coefficient (Wildman–Crippen LogP) is 15.7. The molecule has 2 aliphatic carbocycles. The summed E-state index contributed by atoms with van der Waals surface area (Å²) in [4.78, 5) is 2.51. The summed E-state index contributed by atoms with van der Waals surface area (Å²) >= 11 is 0. The molecule has 2 heteroatoms. The molecule has 1 heterocycles. The average Bonchev–Trinajstić information content (AvgIpc) is 3.84. The van der Waals surface area contributed by atoms with Crippen LogP contribution in [-0.2, 0) is 10.8 Å². The van der Waals surface area contributed by atoms with E-state index in [-0.39, 0.29) is 10.8 Å². The van der Waals surface area contributed by atoms with E-state index in [0.29, 0.717) is 0 Å². The number of para-hydroxylation sites is 1. The highest BCUT2D eigenvalue weighted by Crippen LogP contribution is 2.63. The van der Waals surface area contributed by atoms with Gasteiger partial charge in [0.25, 0.3) is 0 Å². The summed E-state index contributed by atoms with van der Waals surface area (Å²) in [6.45, 7) is 9.67. The molecular formula is C58H44N2. The Morgan fingerprint density at radius 3 is 1.82 bits per heavy atom. The summed E-state index contributed by atoms with van der Waals surface area (Å²) in [6, 6.07) is 72.1. The summed E-state index contributed by atoms with van der Waals surface area (Å²) in [7, 11) is 0. The number of nitrogens with zero attached hydrogens (tertiary/aromatic N) is 2. The van der Waals surface area contributed by atoms with Gasteiger partial charge in [-0.2, -0.15) is 0 Å². The van der Waals surface area contributed by atoms with E-state index in [1.165, 1.54) is 87.9 Å². The second kappa shape index (κ2) is 12.7. The highest BCUT2D eigenvalue weighted by Gasteiger charge is 2.49. The summed E-state index contributed by atoms with van der Waals surface area (Å²) < 4.78 is 2.43. The summed E-state index contributed by atoms with van der Waals surface area (Å²) in [5, 5.41) is 7.40. The number of allylic oxidation sites excluding steroid dienone is 2. The van der Waals surface area contributed by atoms with Gasteiger partial charge in [0.2, 0.25) is 0 Å². The van der Waals surface area contributed by atoms with Gasteiger partial charge >= 0.3 is 0 Å². The first-order valence-electron chi connectivity index (χ1n) is 21.2. The number of hydrogen-bond donors (Lipinski definition) is 0. The number of anilines is 3. The van der Waals surface area contributed by atoms with Crippen LogP contribution < -0.4 is 4.90 Å². The molecule has 0 N–H and O–H groups in total. The minimum atomic E-state index is -0.174. The maximum atomic E-state index is 2.51. The van der Waals surface area contributed by atoms with Crippen molar-refractivity contribution in [1.82, 2.24) is 4.57 Å². The molecule has 10 aromatic rings. The van der Waals surface area contributed by atoms with E-state index in [2.05, 4.69) is 231 Å². The van der Waals surface area contributed by atoms with Crippen molar-refractivity contribution in [3.63, 3.8) is 0 Å². The van der Waals surface area contributed by atoms with Crippen molar-refractivity contribution >= 4 is 71.6 Å². The zero-order chi connectivity index (χ0) is 40.3. The van der Waals surface area contributed by atoms with Crippen molar-refractivity contribution in [3.8, 4) is 16.8 Å². The van der Waals surface area contributed by atoms with Crippen LogP contribution in [0.4, 0.5) is 17.1 Å². The van der Waals surface area contributed by atoms with Gasteiger partial charge in [-0.25, -0.2) is 0 Å². The smallest absolute Gasteiger partial charge is 0.0542 e. The SMILES string of the molecule is CC1(C)C2=C(c3ccccc31)C(C)(C)c1cc(N(c3ccc4c(c3)c3ccccc3n4-c3ccc4ccccc4c3)c3ccc(-c4ccccc4)c4ccccc34)ccc12. The van der Waals surface area contributed by atoms with E-state index in [4.69, 9.17) is 0 Å². The van der Waals surface area contributed by atoms with Crippen molar-refractivity contribution in [2.45, 2.75) is 38.5 Å². The van der Waals surface area contributed by atoms with Gasteiger partial charge in [0.05, 0.1) is 16.7 Å². The van der Waals surface area contributed by atoms with Crippen molar-refractivity contribution in [3.05, 3.63) is 216 Å². The number of fused-ring (bicyclic) bond motifs is 9. The predicted molar refractivity (Wildman–Crippen MR) is 255 cm³/mol. The van der Waals surface area contributed by atoms with Gasteiger partial charge in [-0.3, -0.25) is 0 Å². The average molecular weight is 769 g/mol. The van der Waals surface area contributed by atoms with Crippen LogP contribution in [0, 0.1) is 0 Å². The maximum absolute atomic E-state index is 2.51. The molecule has 286 valence electrons. The molecule has 12 rings (SSSR count). The van der Waals surface area contributed by atoms with E-state index in [0.717, 1.165) is 22.7 Å². The molecule has 0 fully saturated rings. The molecule has 0 atom stereocenters. The third kappa shape index (κ3) is 4.88. The van der Waals surface area contributed by atoms with Crippen molar-refractivity contribution in [1.29, 1.82) is 0 Å². The fraction of sp³-hybridized carbons (Fsp3) is 0.103. The minimum absolute atomic E-state index is 0.0799. The molecule has 9 aromatic carbocycles. The number of rotatable bonds is 5. The summed E-state index contributed by atoms with van der Waals surface area (Å²) in [5.74, 6) is 0. The summed E-state index contributed by atoms with van der Waals surface area (Å²) in [5.41, 5.74) is 17.7. The van der Waals surface area contributed by atoms with E-state index in [1.54, 1.807) is 0 Å². The van der Waals surface area contributed by atoms with Gasteiger partial charge in [-0.05, 0) is 115 Å². The molecule has 2 nitrogen and oxygen atoms in total. The quantitative estimate of drug-likeness (QED) is 0.169. The molecule has 0 amide bonds. The molecule has 0 unspecified atom stereocenters. The van der Waals surface area contributed by atoms with Crippen LogP contribution in [0.25, 0.3) is 71.3 Å². The second-order valence-electron chi connectivity index (χ2n) is 17.7. The van der Waals surface area contributed by atoms with Gasteiger partial charge in [0.1, 0.15) is 0 Å². The van der Waals surface area contributed by atoms with Gasteiger partial charge in [0.15, 0.2) is 0 Å². The van der Waals surface area contributed by atoms with Crippen LogP contribution in [0.15, 0.2) is 194 Å². The van der Waals surface area contributed by atoms with Crippen molar-refractivity contribution < 1.29 is 0 Å². The molecule has 0 saturated heterocycles. The molecule has 0 aliphatic heterocycles. The van der Waals surface area contributed by atoms with Crippen LogP contribution in [-0.4, -0.2) is 4.57 Å². The second-order valence-corrected chi connectivity index (χ2v) is 17.7. The molecule has 0 spiro atoms. The maximum Gasteiger partial charge on any atom is 0.0542 e.